The van der Waals surface area contributed by atoms with Crippen molar-refractivity contribution in [1.82, 2.24) is 20.1 Å². The summed E-state index contributed by atoms with van der Waals surface area (Å²) in [4.78, 5) is 66.5. The van der Waals surface area contributed by atoms with Gasteiger partial charge in [-0.1, -0.05) is 6.07 Å². The molecule has 0 saturated carbocycles. The third-order valence-corrected chi connectivity index (χ3v) is 10.7. The number of carbonyl (C=O) groups is 3. The van der Waals surface area contributed by atoms with Gasteiger partial charge in [0.1, 0.15) is 12.1 Å². The molecule has 6 rings (SSSR count). The van der Waals surface area contributed by atoms with Crippen molar-refractivity contribution in [3.05, 3.63) is 58.5 Å². The van der Waals surface area contributed by atoms with Crippen LogP contribution in [0.3, 0.4) is 0 Å². The smallest absolute Gasteiger partial charge is 0.363 e. The van der Waals surface area contributed by atoms with Crippen molar-refractivity contribution in [1.29, 1.82) is 0 Å². The van der Waals surface area contributed by atoms with Crippen molar-refractivity contribution in [2.45, 2.75) is 62.1 Å². The van der Waals surface area contributed by atoms with E-state index in [-0.39, 0.29) is 40.0 Å². The number of hydrogen-bond donors (Lipinski definition) is 3. The monoisotopic (exact) mass is 648 g/mol. The molecule has 4 atom stereocenters. The van der Waals surface area contributed by atoms with E-state index in [4.69, 9.17) is 4.74 Å². The Balaban J connectivity index is 1.13. The Morgan fingerprint density at radius 3 is 2.66 bits per heavy atom. The molecule has 44 heavy (non-hydrogen) atoms. The van der Waals surface area contributed by atoms with Gasteiger partial charge in [-0.25, -0.2) is 8.78 Å². The highest BCUT2D eigenvalue weighted by Crippen LogP contribution is 2.53. The number of hydrogen-bond acceptors (Lipinski definition) is 7. The number of carbonyl (C=O) groups excluding carboxylic acids is 3. The number of rotatable bonds is 7. The summed E-state index contributed by atoms with van der Waals surface area (Å²) in [5.41, 5.74) is 0.406. The lowest BCUT2D eigenvalue weighted by atomic mass is 9.91. The van der Waals surface area contributed by atoms with Gasteiger partial charge < -0.3 is 29.6 Å². The maximum atomic E-state index is 14.2. The van der Waals surface area contributed by atoms with Crippen LogP contribution in [0.4, 0.5) is 8.78 Å². The summed E-state index contributed by atoms with van der Waals surface area (Å²) in [6, 6.07) is 3.99. The highest BCUT2D eigenvalue weighted by Gasteiger charge is 2.48. The number of nitrogens with zero attached hydrogens (tertiary/aromatic N) is 3. The van der Waals surface area contributed by atoms with Crippen LogP contribution in [0.25, 0.3) is 10.1 Å². The van der Waals surface area contributed by atoms with Crippen LogP contribution < -0.4 is 10.1 Å². The van der Waals surface area contributed by atoms with Gasteiger partial charge in [-0.15, -0.1) is 11.3 Å². The van der Waals surface area contributed by atoms with Crippen LogP contribution in [-0.4, -0.2) is 80.6 Å². The van der Waals surface area contributed by atoms with E-state index in [1.54, 1.807) is 16.0 Å². The Hall–Kier alpha value is -3.45. The minimum absolute atomic E-state index is 0.103. The molecule has 1 unspecified atom stereocenters. The first-order chi connectivity index (χ1) is 21.0. The van der Waals surface area contributed by atoms with Crippen molar-refractivity contribution in [3.8, 4) is 5.75 Å². The average Bonchev–Trinajstić information content (AvgIpc) is 3.55. The van der Waals surface area contributed by atoms with Gasteiger partial charge in [0.15, 0.2) is 11.6 Å². The molecule has 3 amide bonds. The molecule has 0 spiro atoms. The second-order valence-corrected chi connectivity index (χ2v) is 14.2. The Morgan fingerprint density at radius 2 is 1.93 bits per heavy atom. The zero-order chi connectivity index (χ0) is 31.3. The number of alkyl halides is 1. The van der Waals surface area contributed by atoms with Gasteiger partial charge in [0.25, 0.3) is 5.91 Å². The van der Waals surface area contributed by atoms with E-state index in [0.29, 0.717) is 60.8 Å². The summed E-state index contributed by atoms with van der Waals surface area (Å²) >= 11 is 1.12. The molecular weight excluding hydrogens is 617 g/mol. The molecule has 3 N–H and O–H groups in total. The van der Waals surface area contributed by atoms with Crippen molar-refractivity contribution in [3.63, 3.8) is 0 Å². The largest absolute Gasteiger partial charge is 0.493 e. The number of likely N-dealkylation sites (tertiary alicyclic amines) is 1. The minimum atomic E-state index is -4.99. The first-order valence-electron chi connectivity index (χ1n) is 14.3. The van der Waals surface area contributed by atoms with E-state index in [1.165, 1.54) is 31.4 Å². The molecule has 0 radical (unpaired) electrons. The standard InChI is InChI=1S/C29H31F2N4O7PS/c1-42-25-19(11-32-12-20(25)30)17-13-34(14-17)29(38)22-7-6-18-3-2-4-21(28(37)35(18)22)33-27(36)24-10-16-9-15(5-8-23(16)44-24)26(31)43(39,40)41/h5,8-12,17-18,21-22,26H,2-4,6-7,13-14H2,1H3,(H,33,36)(H2,39,40,41)/t18-,21-,22-,26?/m0/s1. The lowest BCUT2D eigenvalue weighted by Crippen LogP contribution is -2.58. The molecule has 3 saturated heterocycles. The number of methoxy groups -OCH3 is 1. The normalized spacial score (nSPS) is 23.2. The molecule has 5 heterocycles. The average molecular weight is 649 g/mol. The lowest BCUT2D eigenvalue weighted by molar-refractivity contribution is -0.148. The number of fused-ring (bicyclic) bond motifs is 2. The van der Waals surface area contributed by atoms with Crippen molar-refractivity contribution >= 4 is 46.7 Å². The fraction of sp³-hybridized carbons (Fsp3) is 0.448. The van der Waals surface area contributed by atoms with Crippen LogP contribution in [0.2, 0.25) is 0 Å². The highest BCUT2D eigenvalue weighted by molar-refractivity contribution is 7.51. The summed E-state index contributed by atoms with van der Waals surface area (Å²) in [5.74, 6) is -4.03. The Bertz CT molecular complexity index is 1680. The van der Waals surface area contributed by atoms with Gasteiger partial charge in [-0.05, 0) is 61.3 Å². The summed E-state index contributed by atoms with van der Waals surface area (Å²) in [6.07, 6.45) is 5.64. The van der Waals surface area contributed by atoms with Crippen LogP contribution in [0.1, 0.15) is 64.7 Å². The first kappa shape index (κ1) is 30.6. The number of nitrogens with one attached hydrogen (secondary N) is 1. The Kier molecular flexibility index (Phi) is 8.20. The third-order valence-electron chi connectivity index (χ3n) is 8.73. The topological polar surface area (TPSA) is 149 Å². The predicted octanol–water partition coefficient (Wildman–Crippen LogP) is 3.86. The molecule has 11 nitrogen and oxygen atoms in total. The third kappa shape index (κ3) is 5.60. The fourth-order valence-corrected chi connectivity index (χ4v) is 7.99. The van der Waals surface area contributed by atoms with Crippen molar-refractivity contribution < 1.29 is 42.3 Å². The summed E-state index contributed by atoms with van der Waals surface area (Å²) in [7, 11) is -3.60. The maximum Gasteiger partial charge on any atom is 0.363 e. The number of pyridine rings is 1. The molecule has 2 aromatic heterocycles. The highest BCUT2D eigenvalue weighted by atomic mass is 32.1. The van der Waals surface area contributed by atoms with Crippen LogP contribution >= 0.6 is 18.9 Å². The van der Waals surface area contributed by atoms with Gasteiger partial charge in [0, 0.05) is 41.5 Å². The number of benzene rings is 1. The fourth-order valence-electron chi connectivity index (χ4n) is 6.49. The molecule has 3 aliphatic rings. The van der Waals surface area contributed by atoms with Gasteiger partial charge in [0.2, 0.25) is 17.7 Å². The second kappa shape index (κ2) is 11.8. The second-order valence-electron chi connectivity index (χ2n) is 11.5. The van der Waals surface area contributed by atoms with Crippen molar-refractivity contribution in [2.24, 2.45) is 0 Å². The zero-order valence-corrected chi connectivity index (χ0v) is 25.4. The Labute approximate surface area is 255 Å². The van der Waals surface area contributed by atoms with Crippen LogP contribution in [0.15, 0.2) is 36.7 Å². The number of aromatic nitrogens is 1. The molecular formula is C29H31F2N4O7PS. The number of ether oxygens (including phenoxy) is 1. The molecule has 3 fully saturated rings. The molecule has 0 bridgehead atoms. The van der Waals surface area contributed by atoms with Crippen LogP contribution in [0.5, 0.6) is 5.75 Å². The molecule has 3 aromatic rings. The van der Waals surface area contributed by atoms with E-state index in [9.17, 15) is 37.5 Å². The molecule has 0 aliphatic carbocycles. The number of amides is 3. The molecule has 1 aromatic carbocycles. The van der Waals surface area contributed by atoms with E-state index in [0.717, 1.165) is 17.5 Å². The predicted molar refractivity (Wildman–Crippen MR) is 157 cm³/mol. The van der Waals surface area contributed by atoms with Crippen LogP contribution in [0, 0.1) is 5.82 Å². The SMILES string of the molecule is COc1c(F)cncc1C1CN(C(=O)[C@@H]2CC[C@@H]3CCC[C@H](NC(=O)c4cc5cc(C(F)P(=O)(O)O)ccc5s4)C(=O)N32)C1. The van der Waals surface area contributed by atoms with Gasteiger partial charge in [0.05, 0.1) is 18.2 Å². The van der Waals surface area contributed by atoms with E-state index in [2.05, 4.69) is 10.3 Å². The van der Waals surface area contributed by atoms with Gasteiger partial charge in [-0.3, -0.25) is 23.9 Å². The maximum absolute atomic E-state index is 14.2. The molecule has 3 aliphatic heterocycles. The van der Waals surface area contributed by atoms with Gasteiger partial charge in [-0.2, -0.15) is 0 Å². The van der Waals surface area contributed by atoms with Crippen LogP contribution in [-0.2, 0) is 14.2 Å². The Morgan fingerprint density at radius 1 is 1.16 bits per heavy atom. The van der Waals surface area contributed by atoms with E-state index >= 15 is 0 Å². The minimum Gasteiger partial charge on any atom is -0.493 e. The summed E-state index contributed by atoms with van der Waals surface area (Å²) in [5, 5.41) is 3.27. The quantitative estimate of drug-likeness (QED) is 0.327. The van der Waals surface area contributed by atoms with Gasteiger partial charge >= 0.3 is 7.60 Å². The molecule has 15 heteroatoms. The molecule has 234 valence electrons. The number of halogens is 2. The van der Waals surface area contributed by atoms with E-state index in [1.807, 2.05) is 0 Å². The number of thiophene rings is 1. The zero-order valence-electron chi connectivity index (χ0n) is 23.7. The van der Waals surface area contributed by atoms with E-state index < -0.39 is 37.3 Å². The first-order valence-corrected chi connectivity index (χ1v) is 16.8. The summed E-state index contributed by atoms with van der Waals surface area (Å²) in [6.45, 7) is 0.712. The van der Waals surface area contributed by atoms with Crippen molar-refractivity contribution in [2.75, 3.05) is 20.2 Å². The lowest BCUT2D eigenvalue weighted by Gasteiger charge is -2.42. The summed E-state index contributed by atoms with van der Waals surface area (Å²) < 4.78 is 45.5.